The van der Waals surface area contributed by atoms with Gasteiger partial charge in [0.25, 0.3) is 5.91 Å². The number of aliphatic carboxylic acids is 1. The number of amides is 1. The van der Waals surface area contributed by atoms with Crippen molar-refractivity contribution in [2.75, 3.05) is 20.3 Å². The van der Waals surface area contributed by atoms with E-state index in [2.05, 4.69) is 0 Å². The van der Waals surface area contributed by atoms with Crippen LogP contribution < -0.4 is 9.47 Å². The van der Waals surface area contributed by atoms with E-state index in [4.69, 9.17) is 14.6 Å². The minimum Gasteiger partial charge on any atom is -0.493 e. The highest BCUT2D eigenvalue weighted by Crippen LogP contribution is 2.30. The number of carbonyl (C=O) groups excluding carboxylic acids is 1. The van der Waals surface area contributed by atoms with Gasteiger partial charge in [-0.2, -0.15) is 0 Å². The molecule has 0 aromatic heterocycles. The van der Waals surface area contributed by atoms with Gasteiger partial charge < -0.3 is 19.5 Å². The molecule has 2 rings (SSSR count). The SMILES string of the molecule is C/C=C/c1ccc(OCC(=O)N(CC(C)C(=O)O)C2CC2)c(OC)c1. The monoisotopic (exact) mass is 347 g/mol. The van der Waals surface area contributed by atoms with Gasteiger partial charge in [-0.1, -0.05) is 25.1 Å². The topological polar surface area (TPSA) is 76.1 Å². The molecule has 0 radical (unpaired) electrons. The molecule has 0 bridgehead atoms. The third-order valence-electron chi connectivity index (χ3n) is 4.10. The quantitative estimate of drug-likeness (QED) is 0.743. The van der Waals surface area contributed by atoms with E-state index in [1.54, 1.807) is 25.0 Å². The van der Waals surface area contributed by atoms with E-state index in [1.165, 1.54) is 0 Å². The van der Waals surface area contributed by atoms with Gasteiger partial charge in [-0.3, -0.25) is 9.59 Å². The third-order valence-corrected chi connectivity index (χ3v) is 4.10. The zero-order chi connectivity index (χ0) is 18.4. The molecule has 136 valence electrons. The molecule has 6 nitrogen and oxygen atoms in total. The van der Waals surface area contributed by atoms with Crippen LogP contribution in [-0.2, 0) is 9.59 Å². The number of carboxylic acids is 1. The van der Waals surface area contributed by atoms with Gasteiger partial charge >= 0.3 is 5.97 Å². The lowest BCUT2D eigenvalue weighted by Gasteiger charge is -2.24. The highest BCUT2D eigenvalue weighted by molar-refractivity contribution is 5.79. The lowest BCUT2D eigenvalue weighted by Crippen LogP contribution is -2.41. The summed E-state index contributed by atoms with van der Waals surface area (Å²) in [7, 11) is 1.55. The Morgan fingerprint density at radius 3 is 2.64 bits per heavy atom. The van der Waals surface area contributed by atoms with E-state index in [-0.39, 0.29) is 25.1 Å². The maximum absolute atomic E-state index is 12.5. The molecule has 1 unspecified atom stereocenters. The summed E-state index contributed by atoms with van der Waals surface area (Å²) in [6, 6.07) is 5.62. The molecule has 6 heteroatoms. The van der Waals surface area contributed by atoms with Crippen molar-refractivity contribution in [2.24, 2.45) is 5.92 Å². The van der Waals surface area contributed by atoms with Crippen LogP contribution in [0.25, 0.3) is 6.08 Å². The number of carboxylic acid groups (broad SMARTS) is 1. The van der Waals surface area contributed by atoms with Gasteiger partial charge in [0, 0.05) is 12.6 Å². The van der Waals surface area contributed by atoms with Crippen LogP contribution in [-0.4, -0.2) is 48.2 Å². The fourth-order valence-corrected chi connectivity index (χ4v) is 2.54. The summed E-state index contributed by atoms with van der Waals surface area (Å²) in [5.74, 6) is -0.651. The first-order valence-corrected chi connectivity index (χ1v) is 8.42. The molecule has 1 N–H and O–H groups in total. The second kappa shape index (κ2) is 8.55. The van der Waals surface area contributed by atoms with Crippen LogP contribution in [0.15, 0.2) is 24.3 Å². The van der Waals surface area contributed by atoms with E-state index in [0.717, 1.165) is 18.4 Å². The van der Waals surface area contributed by atoms with Crippen molar-refractivity contribution in [3.05, 3.63) is 29.8 Å². The molecule has 1 aliphatic rings. The fourth-order valence-electron chi connectivity index (χ4n) is 2.54. The Kier molecular flexibility index (Phi) is 6.44. The first-order chi connectivity index (χ1) is 12.0. The molecule has 0 saturated heterocycles. The summed E-state index contributed by atoms with van der Waals surface area (Å²) in [5, 5.41) is 9.07. The molecule has 25 heavy (non-hydrogen) atoms. The first kappa shape index (κ1) is 18.8. The second-order valence-electron chi connectivity index (χ2n) is 6.22. The van der Waals surface area contributed by atoms with Crippen LogP contribution in [0, 0.1) is 5.92 Å². The van der Waals surface area contributed by atoms with Crippen LogP contribution in [0.2, 0.25) is 0 Å². The normalized spacial score (nSPS) is 15.0. The van der Waals surface area contributed by atoms with Crippen LogP contribution in [0.5, 0.6) is 11.5 Å². The standard InChI is InChI=1S/C19H25NO5/c1-4-5-14-6-9-16(17(10-14)24-3)25-12-18(21)20(15-7-8-15)11-13(2)19(22)23/h4-6,9-10,13,15H,7-8,11-12H2,1-3H3,(H,22,23)/b5-4+. The van der Waals surface area contributed by atoms with Gasteiger partial charge in [0.15, 0.2) is 18.1 Å². The van der Waals surface area contributed by atoms with Gasteiger partial charge in [0.2, 0.25) is 0 Å². The van der Waals surface area contributed by atoms with Crippen molar-refractivity contribution < 1.29 is 24.2 Å². The van der Waals surface area contributed by atoms with Crippen molar-refractivity contribution >= 4 is 18.0 Å². The maximum Gasteiger partial charge on any atom is 0.308 e. The minimum absolute atomic E-state index is 0.136. The summed E-state index contributed by atoms with van der Waals surface area (Å²) in [4.78, 5) is 25.2. The third kappa shape index (κ3) is 5.24. The zero-order valence-electron chi connectivity index (χ0n) is 14.9. The predicted molar refractivity (Wildman–Crippen MR) is 94.7 cm³/mol. The number of allylic oxidation sites excluding steroid dienone is 1. The Hall–Kier alpha value is -2.50. The fraction of sp³-hybridized carbons (Fsp3) is 0.474. The Balaban J connectivity index is 2.01. The smallest absolute Gasteiger partial charge is 0.308 e. The van der Waals surface area contributed by atoms with Crippen LogP contribution in [0.3, 0.4) is 0 Å². The molecule has 1 aromatic rings. The number of rotatable bonds is 9. The Labute approximate surface area is 148 Å². The number of nitrogens with zero attached hydrogens (tertiary/aromatic N) is 1. The van der Waals surface area contributed by atoms with E-state index in [0.29, 0.717) is 11.5 Å². The molecule has 1 fully saturated rings. The van der Waals surface area contributed by atoms with Crippen molar-refractivity contribution in [3.63, 3.8) is 0 Å². The van der Waals surface area contributed by atoms with Gasteiger partial charge in [0.1, 0.15) is 0 Å². The number of hydrogen-bond donors (Lipinski definition) is 1. The predicted octanol–water partition coefficient (Wildman–Crippen LogP) is 2.82. The van der Waals surface area contributed by atoms with Crippen molar-refractivity contribution in [2.45, 2.75) is 32.7 Å². The number of hydrogen-bond acceptors (Lipinski definition) is 4. The van der Waals surface area contributed by atoms with E-state index in [9.17, 15) is 9.59 Å². The van der Waals surface area contributed by atoms with Crippen LogP contribution in [0.1, 0.15) is 32.3 Å². The molecule has 1 atom stereocenters. The molecule has 0 heterocycles. The van der Waals surface area contributed by atoms with E-state index >= 15 is 0 Å². The van der Waals surface area contributed by atoms with Crippen molar-refractivity contribution in [1.82, 2.24) is 4.90 Å². The van der Waals surface area contributed by atoms with Crippen LogP contribution >= 0.6 is 0 Å². The number of benzene rings is 1. The van der Waals surface area contributed by atoms with Crippen LogP contribution in [0.4, 0.5) is 0 Å². The molecule has 1 amide bonds. The largest absolute Gasteiger partial charge is 0.493 e. The molecular weight excluding hydrogens is 322 g/mol. The zero-order valence-corrected chi connectivity index (χ0v) is 14.9. The van der Waals surface area contributed by atoms with Crippen molar-refractivity contribution in [1.29, 1.82) is 0 Å². The van der Waals surface area contributed by atoms with Gasteiger partial charge in [-0.15, -0.1) is 0 Å². The van der Waals surface area contributed by atoms with E-state index < -0.39 is 11.9 Å². The lowest BCUT2D eigenvalue weighted by atomic mass is 10.1. The summed E-state index contributed by atoms with van der Waals surface area (Å²) in [5.41, 5.74) is 0.980. The number of carbonyl (C=O) groups is 2. The molecule has 0 spiro atoms. The van der Waals surface area contributed by atoms with Gasteiger partial charge in [-0.25, -0.2) is 0 Å². The lowest BCUT2D eigenvalue weighted by molar-refractivity contribution is -0.143. The molecular formula is C19H25NO5. The average molecular weight is 347 g/mol. The maximum atomic E-state index is 12.5. The summed E-state index contributed by atoms with van der Waals surface area (Å²) in [6.45, 7) is 3.61. The number of ether oxygens (including phenoxy) is 2. The second-order valence-corrected chi connectivity index (χ2v) is 6.22. The Morgan fingerprint density at radius 1 is 1.36 bits per heavy atom. The molecule has 1 aliphatic carbocycles. The highest BCUT2D eigenvalue weighted by Gasteiger charge is 2.34. The summed E-state index contributed by atoms with van der Waals surface area (Å²) in [6.07, 6.45) is 5.70. The first-order valence-electron chi connectivity index (χ1n) is 8.42. The Bertz CT molecular complexity index is 651. The Morgan fingerprint density at radius 2 is 2.08 bits per heavy atom. The molecule has 1 aromatic carbocycles. The van der Waals surface area contributed by atoms with E-state index in [1.807, 2.05) is 31.2 Å². The highest BCUT2D eigenvalue weighted by atomic mass is 16.5. The molecule has 0 aliphatic heterocycles. The van der Waals surface area contributed by atoms with Gasteiger partial charge in [-0.05, 0) is 37.5 Å². The van der Waals surface area contributed by atoms with Crippen molar-refractivity contribution in [3.8, 4) is 11.5 Å². The minimum atomic E-state index is -0.902. The molecule has 1 saturated carbocycles. The summed E-state index contributed by atoms with van der Waals surface area (Å²) >= 11 is 0. The summed E-state index contributed by atoms with van der Waals surface area (Å²) < 4.78 is 11.0. The van der Waals surface area contributed by atoms with Gasteiger partial charge in [0.05, 0.1) is 13.0 Å². The number of methoxy groups -OCH3 is 1. The average Bonchev–Trinajstić information content (AvgIpc) is 3.42.